The topological polar surface area (TPSA) is 149 Å². The fourth-order valence-electron chi connectivity index (χ4n) is 1.98. The maximum absolute atomic E-state index is 12.4. The lowest BCUT2D eigenvalue weighted by molar-refractivity contribution is -0.129. The summed E-state index contributed by atoms with van der Waals surface area (Å²) < 4.78 is 0. The van der Waals surface area contributed by atoms with Crippen LogP contribution >= 0.6 is 0 Å². The first-order chi connectivity index (χ1) is 11.4. The molecular weight excluding hydrogens is 308 g/mol. The van der Waals surface area contributed by atoms with Gasteiger partial charge in [0.15, 0.2) is 5.96 Å². The van der Waals surface area contributed by atoms with Crippen molar-refractivity contribution in [2.75, 3.05) is 6.54 Å². The summed E-state index contributed by atoms with van der Waals surface area (Å²) in [5, 5.41) is 5.47. The molecule has 0 aliphatic carbocycles. The molecule has 0 unspecified atom stereocenters. The molecule has 8 nitrogen and oxygen atoms in total. The van der Waals surface area contributed by atoms with Crippen molar-refractivity contribution in [2.45, 2.75) is 38.4 Å². The molecule has 0 heterocycles. The van der Waals surface area contributed by atoms with Gasteiger partial charge in [-0.1, -0.05) is 30.3 Å². The van der Waals surface area contributed by atoms with E-state index in [1.165, 1.54) is 0 Å². The smallest absolute Gasteiger partial charge is 0.242 e. The number of hydrogen-bond acceptors (Lipinski definition) is 4. The molecule has 1 aromatic rings. The van der Waals surface area contributed by atoms with Crippen molar-refractivity contribution >= 4 is 17.8 Å². The standard InChI is InChI=1S/C16H26N6O2/c1-11(17)14(23)22-13(8-5-9-20-16(18)19)15(24)21-10-12-6-3-2-4-7-12/h2-4,6-7,11,13H,5,8-10,17H2,1H3,(H,21,24)(H,22,23)(H4,18,19,20)/t11-,13-/m0/s1. The SMILES string of the molecule is C[C@H](N)C(=O)N[C@@H](CCCN=C(N)N)C(=O)NCc1ccccc1. The minimum Gasteiger partial charge on any atom is -0.370 e. The van der Waals surface area contributed by atoms with E-state index in [4.69, 9.17) is 17.2 Å². The molecule has 0 spiro atoms. The second-order valence-electron chi connectivity index (χ2n) is 5.50. The molecule has 0 saturated carbocycles. The minimum absolute atomic E-state index is 0.000282. The number of nitrogens with two attached hydrogens (primary N) is 3. The zero-order valence-electron chi connectivity index (χ0n) is 13.9. The number of nitrogens with zero attached hydrogens (tertiary/aromatic N) is 1. The molecule has 0 saturated heterocycles. The molecular formula is C16H26N6O2. The molecule has 132 valence electrons. The number of rotatable bonds is 9. The van der Waals surface area contributed by atoms with E-state index >= 15 is 0 Å². The van der Waals surface area contributed by atoms with Gasteiger partial charge in [-0.3, -0.25) is 14.6 Å². The highest BCUT2D eigenvalue weighted by atomic mass is 16.2. The van der Waals surface area contributed by atoms with Crippen molar-refractivity contribution in [2.24, 2.45) is 22.2 Å². The Balaban J connectivity index is 2.59. The summed E-state index contributed by atoms with van der Waals surface area (Å²) in [6, 6.07) is 8.15. The Hall–Kier alpha value is -2.61. The summed E-state index contributed by atoms with van der Waals surface area (Å²) >= 11 is 0. The van der Waals surface area contributed by atoms with Crippen molar-refractivity contribution < 1.29 is 9.59 Å². The highest BCUT2D eigenvalue weighted by molar-refractivity contribution is 5.89. The van der Waals surface area contributed by atoms with E-state index in [1.54, 1.807) is 6.92 Å². The van der Waals surface area contributed by atoms with Crippen LogP contribution in [0.15, 0.2) is 35.3 Å². The van der Waals surface area contributed by atoms with Gasteiger partial charge in [-0.05, 0) is 25.3 Å². The van der Waals surface area contributed by atoms with Gasteiger partial charge < -0.3 is 27.8 Å². The highest BCUT2D eigenvalue weighted by Crippen LogP contribution is 2.02. The summed E-state index contributed by atoms with van der Waals surface area (Å²) in [7, 11) is 0. The Morgan fingerprint density at radius 3 is 2.42 bits per heavy atom. The van der Waals surface area contributed by atoms with E-state index in [1.807, 2.05) is 30.3 Å². The molecule has 8 N–H and O–H groups in total. The molecule has 0 aliphatic rings. The lowest BCUT2D eigenvalue weighted by Gasteiger charge is -2.19. The first-order valence-electron chi connectivity index (χ1n) is 7.83. The number of nitrogens with one attached hydrogen (secondary N) is 2. The molecule has 0 radical (unpaired) electrons. The second kappa shape index (κ2) is 10.2. The Kier molecular flexibility index (Phi) is 8.28. The molecule has 8 heteroatoms. The lowest BCUT2D eigenvalue weighted by Crippen LogP contribution is -2.50. The summed E-state index contributed by atoms with van der Waals surface area (Å²) in [4.78, 5) is 28.0. The number of carbonyl (C=O) groups excluding carboxylic acids is 2. The quantitative estimate of drug-likeness (QED) is 0.227. The predicted molar refractivity (Wildman–Crippen MR) is 93.8 cm³/mol. The van der Waals surface area contributed by atoms with Crippen LogP contribution in [0.4, 0.5) is 0 Å². The van der Waals surface area contributed by atoms with Crippen molar-refractivity contribution in [3.63, 3.8) is 0 Å². The molecule has 0 bridgehead atoms. The van der Waals surface area contributed by atoms with Gasteiger partial charge in [0.2, 0.25) is 11.8 Å². The van der Waals surface area contributed by atoms with Crippen molar-refractivity contribution in [1.82, 2.24) is 10.6 Å². The average Bonchev–Trinajstić information content (AvgIpc) is 2.55. The molecule has 1 aromatic carbocycles. The third-order valence-electron chi connectivity index (χ3n) is 3.30. The second-order valence-corrected chi connectivity index (χ2v) is 5.50. The van der Waals surface area contributed by atoms with Gasteiger partial charge in [0.05, 0.1) is 6.04 Å². The monoisotopic (exact) mass is 334 g/mol. The van der Waals surface area contributed by atoms with Gasteiger partial charge in [0.25, 0.3) is 0 Å². The normalized spacial score (nSPS) is 12.8. The number of amides is 2. The number of aliphatic imine (C=N–C) groups is 1. The highest BCUT2D eigenvalue weighted by Gasteiger charge is 2.21. The van der Waals surface area contributed by atoms with Crippen LogP contribution in [0.2, 0.25) is 0 Å². The number of benzene rings is 1. The Bertz CT molecular complexity index is 555. The van der Waals surface area contributed by atoms with E-state index in [0.717, 1.165) is 5.56 Å². The van der Waals surface area contributed by atoms with Crippen LogP contribution in [0.3, 0.4) is 0 Å². The van der Waals surface area contributed by atoms with E-state index in [9.17, 15) is 9.59 Å². The summed E-state index contributed by atoms with van der Waals surface area (Å²) in [6.45, 7) is 2.34. The Morgan fingerprint density at radius 2 is 1.83 bits per heavy atom. The van der Waals surface area contributed by atoms with Crippen LogP contribution in [0.1, 0.15) is 25.3 Å². The molecule has 0 aromatic heterocycles. The summed E-state index contributed by atoms with van der Waals surface area (Å²) in [5.74, 6) is -0.644. The van der Waals surface area contributed by atoms with E-state index in [-0.39, 0.29) is 17.8 Å². The Morgan fingerprint density at radius 1 is 1.17 bits per heavy atom. The van der Waals surface area contributed by atoms with Gasteiger partial charge in [0.1, 0.15) is 6.04 Å². The molecule has 24 heavy (non-hydrogen) atoms. The molecule has 0 aliphatic heterocycles. The first-order valence-corrected chi connectivity index (χ1v) is 7.83. The third kappa shape index (κ3) is 7.59. The van der Waals surface area contributed by atoms with Crippen molar-refractivity contribution in [3.8, 4) is 0 Å². The Labute approximate surface area is 141 Å². The minimum atomic E-state index is -0.688. The van der Waals surface area contributed by atoms with Gasteiger partial charge in [0, 0.05) is 13.1 Å². The van der Waals surface area contributed by atoms with Crippen LogP contribution in [0, 0.1) is 0 Å². The third-order valence-corrected chi connectivity index (χ3v) is 3.30. The lowest BCUT2D eigenvalue weighted by atomic mass is 10.1. The molecule has 1 rings (SSSR count). The van der Waals surface area contributed by atoms with E-state index < -0.39 is 12.1 Å². The average molecular weight is 334 g/mol. The maximum atomic E-state index is 12.4. The zero-order chi connectivity index (χ0) is 17.9. The fraction of sp³-hybridized carbons (Fsp3) is 0.438. The summed E-state index contributed by atoms with van der Waals surface area (Å²) in [5.41, 5.74) is 17.0. The number of hydrogen-bond donors (Lipinski definition) is 5. The van der Waals surface area contributed by atoms with E-state index in [2.05, 4.69) is 15.6 Å². The first kappa shape index (κ1) is 19.4. The van der Waals surface area contributed by atoms with Crippen LogP contribution in [-0.4, -0.2) is 36.4 Å². The largest absolute Gasteiger partial charge is 0.370 e. The van der Waals surface area contributed by atoms with Gasteiger partial charge >= 0.3 is 0 Å². The van der Waals surface area contributed by atoms with Crippen LogP contribution in [-0.2, 0) is 16.1 Å². The van der Waals surface area contributed by atoms with Gasteiger partial charge in [-0.15, -0.1) is 0 Å². The molecule has 2 amide bonds. The maximum Gasteiger partial charge on any atom is 0.242 e. The zero-order valence-corrected chi connectivity index (χ0v) is 13.9. The molecule has 2 atom stereocenters. The number of guanidine groups is 1. The van der Waals surface area contributed by atoms with Crippen molar-refractivity contribution in [1.29, 1.82) is 0 Å². The van der Waals surface area contributed by atoms with Crippen LogP contribution in [0.25, 0.3) is 0 Å². The van der Waals surface area contributed by atoms with Crippen LogP contribution in [0.5, 0.6) is 0 Å². The van der Waals surface area contributed by atoms with E-state index in [0.29, 0.717) is 25.9 Å². The van der Waals surface area contributed by atoms with Crippen molar-refractivity contribution in [3.05, 3.63) is 35.9 Å². The predicted octanol–water partition coefficient (Wildman–Crippen LogP) is -0.812. The summed E-state index contributed by atoms with van der Waals surface area (Å²) in [6.07, 6.45) is 0.969. The van der Waals surface area contributed by atoms with Gasteiger partial charge in [-0.2, -0.15) is 0 Å². The fourth-order valence-corrected chi connectivity index (χ4v) is 1.98. The van der Waals surface area contributed by atoms with Crippen LogP contribution < -0.4 is 27.8 Å². The van der Waals surface area contributed by atoms with Gasteiger partial charge in [-0.25, -0.2) is 0 Å². The number of carbonyl (C=O) groups is 2. The molecule has 0 fully saturated rings.